The van der Waals surface area contributed by atoms with Crippen LogP contribution in [-0.4, -0.2) is 131 Å². The molecule has 14 nitrogen and oxygen atoms in total. The van der Waals surface area contributed by atoms with E-state index in [1.54, 1.807) is 47.1 Å². The van der Waals surface area contributed by atoms with Crippen LogP contribution in [0.4, 0.5) is 0 Å². The summed E-state index contributed by atoms with van der Waals surface area (Å²) in [6.45, 7) is 13.0. The third-order valence-electron chi connectivity index (χ3n) is 13.7. The van der Waals surface area contributed by atoms with Crippen LogP contribution in [0.5, 0.6) is 0 Å². The van der Waals surface area contributed by atoms with Crippen LogP contribution in [0.15, 0.2) is 59.8 Å². The molecule has 4 N–H and O–H groups in total. The van der Waals surface area contributed by atoms with E-state index in [-0.39, 0.29) is 42.5 Å². The Morgan fingerprint density at radius 1 is 0.862 bits per heavy atom. The fourth-order valence-electron chi connectivity index (χ4n) is 9.48. The van der Waals surface area contributed by atoms with Crippen molar-refractivity contribution in [1.82, 2.24) is 4.90 Å². The molecule has 3 fully saturated rings. The molecule has 0 radical (unpaired) electrons. The molecular weight excluding hydrogens is 835 g/mol. The number of nitrogens with zero attached hydrogens (tertiary/aromatic N) is 1. The summed E-state index contributed by atoms with van der Waals surface area (Å²) in [5.74, 6) is -7.06. The molecule has 14 atom stereocenters. The minimum atomic E-state index is -2.38. The molecule has 0 bridgehead atoms. The fourth-order valence-corrected chi connectivity index (χ4v) is 9.48. The number of allylic oxidation sites excluding steroid dienone is 8. The van der Waals surface area contributed by atoms with Crippen LogP contribution in [-0.2, 0) is 42.9 Å². The number of Topliss-reactive ketones (excluding diaryl/α,β-unsaturated/α-hetero) is 2. The van der Waals surface area contributed by atoms with E-state index < -0.39 is 77.8 Å². The third-order valence-corrected chi connectivity index (χ3v) is 13.7. The van der Waals surface area contributed by atoms with Crippen molar-refractivity contribution in [2.75, 3.05) is 27.9 Å². The van der Waals surface area contributed by atoms with Crippen LogP contribution in [0.2, 0.25) is 0 Å². The summed E-state index contributed by atoms with van der Waals surface area (Å²) in [7, 11) is 4.58. The number of amides is 1. The second-order valence-electron chi connectivity index (χ2n) is 19.0. The number of aliphatic carboxylic acids is 1. The van der Waals surface area contributed by atoms with E-state index in [4.69, 9.17) is 18.9 Å². The number of carbonyl (C=O) groups excluding carboxylic acids is 4. The Balaban J connectivity index is 1.51. The number of rotatable bonds is 24. The van der Waals surface area contributed by atoms with E-state index in [9.17, 15) is 44.4 Å². The van der Waals surface area contributed by atoms with Gasteiger partial charge in [-0.1, -0.05) is 77.2 Å². The van der Waals surface area contributed by atoms with Gasteiger partial charge in [0.05, 0.1) is 24.4 Å². The van der Waals surface area contributed by atoms with Gasteiger partial charge >= 0.3 is 5.97 Å². The number of hydrogen-bond donors (Lipinski definition) is 4. The Labute approximate surface area is 387 Å². The van der Waals surface area contributed by atoms with Crippen molar-refractivity contribution in [1.29, 1.82) is 0 Å². The number of carboxylic acids is 1. The van der Waals surface area contributed by atoms with Gasteiger partial charge in [0.25, 0.3) is 11.7 Å². The summed E-state index contributed by atoms with van der Waals surface area (Å²) in [6, 6.07) is -1.12. The second kappa shape index (κ2) is 26.6. The zero-order chi connectivity index (χ0) is 48.6. The first kappa shape index (κ1) is 55.7. The van der Waals surface area contributed by atoms with Crippen molar-refractivity contribution in [3.63, 3.8) is 0 Å². The molecule has 2 saturated heterocycles. The summed E-state index contributed by atoms with van der Waals surface area (Å²) in [5, 5.41) is 42.4. The highest BCUT2D eigenvalue weighted by Crippen LogP contribution is 2.37. The zero-order valence-electron chi connectivity index (χ0n) is 40.5. The maximum absolute atomic E-state index is 13.5. The van der Waals surface area contributed by atoms with Crippen LogP contribution in [0.3, 0.4) is 0 Å². The first-order chi connectivity index (χ1) is 30.7. The van der Waals surface area contributed by atoms with E-state index in [0.717, 1.165) is 29.7 Å². The van der Waals surface area contributed by atoms with Crippen LogP contribution >= 0.6 is 0 Å². The number of carbonyl (C=O) groups is 5. The largest absolute Gasteiger partial charge is 0.480 e. The van der Waals surface area contributed by atoms with E-state index in [1.807, 2.05) is 57.2 Å². The number of aliphatic hydroxyl groups excluding tert-OH is 2. The van der Waals surface area contributed by atoms with Gasteiger partial charge in [-0.25, -0.2) is 4.79 Å². The average Bonchev–Trinajstić information content (AvgIpc) is 3.28. The van der Waals surface area contributed by atoms with Crippen molar-refractivity contribution in [2.45, 2.75) is 168 Å². The molecule has 0 aromatic heterocycles. The van der Waals surface area contributed by atoms with Gasteiger partial charge in [-0.3, -0.25) is 19.2 Å². The molecule has 3 rings (SSSR count). The highest BCUT2D eigenvalue weighted by atomic mass is 16.6. The molecule has 1 saturated carbocycles. The lowest BCUT2D eigenvalue weighted by molar-refractivity contribution is -0.265. The van der Waals surface area contributed by atoms with Crippen molar-refractivity contribution in [3.8, 4) is 0 Å². The SMILES string of the molecule is COC(C[C@@H]1CC[C@H](C)[C@@](O)(C(=O)C(=O)N2CCCC[C@@H]2C(=O)O)O1)/C(C)=C/C=C/C=C/C(C)CC(C)C(=O)[C@@H](OC)[C@@H](O)/C(C)=C/C(C)C(=O)/C=C/[C@@H](C)C[C@H]1CC[C@H](O)[C@@H](OC)C1. The van der Waals surface area contributed by atoms with Crippen molar-refractivity contribution < 1.29 is 63.3 Å². The lowest BCUT2D eigenvalue weighted by atomic mass is 9.80. The first-order valence-corrected chi connectivity index (χ1v) is 23.6. The molecule has 2 heterocycles. The summed E-state index contributed by atoms with van der Waals surface area (Å²) in [5.41, 5.74) is 1.35. The monoisotopic (exact) mass is 914 g/mol. The van der Waals surface area contributed by atoms with Gasteiger partial charge in [-0.2, -0.15) is 0 Å². The van der Waals surface area contributed by atoms with Gasteiger partial charge in [0.1, 0.15) is 18.2 Å². The first-order valence-electron chi connectivity index (χ1n) is 23.6. The molecule has 65 heavy (non-hydrogen) atoms. The standard InChI is InChI=1S/C51H79NO13/c1-31(26-35(5)45(55)47(64-10)46(56)36(6)28-34(4)41(53)23-19-32(2)27-38-21-24-42(54)44(29-38)63-9)16-12-11-13-17-33(3)43(62-8)30-39-22-20-37(7)51(61,65-39)48(57)49(58)52-25-15-14-18-40(52)50(59)60/h11-13,16-17,19,23,28,31-32,34-35,37-40,42-44,46-47,54,56,61H,14-15,18,20-22,24-27,29-30H2,1-10H3,(H,59,60)/b13-11+,16-12+,23-19+,33-17+,36-28+/t31?,32-,34?,35?,37+,38-,39+,40-,42+,43?,44+,46+,47-,51+/m1/s1. The number of piperidine rings is 1. The Morgan fingerprint density at radius 2 is 1.57 bits per heavy atom. The van der Waals surface area contributed by atoms with Gasteiger partial charge in [-0.15, -0.1) is 0 Å². The average molecular weight is 914 g/mol. The maximum Gasteiger partial charge on any atom is 0.326 e. The zero-order valence-corrected chi connectivity index (χ0v) is 40.5. The third kappa shape index (κ3) is 16.0. The molecule has 0 aromatic carbocycles. The number of carboxylic acid groups (broad SMARTS) is 1. The normalized spacial score (nSPS) is 29.3. The van der Waals surface area contributed by atoms with Gasteiger partial charge in [0, 0.05) is 52.0 Å². The van der Waals surface area contributed by atoms with Crippen LogP contribution in [0.25, 0.3) is 0 Å². The summed E-state index contributed by atoms with van der Waals surface area (Å²) in [4.78, 5) is 66.1. The topological polar surface area (TPSA) is 206 Å². The highest BCUT2D eigenvalue weighted by Gasteiger charge is 2.52. The molecule has 0 spiro atoms. The highest BCUT2D eigenvalue weighted by molar-refractivity contribution is 6.39. The Morgan fingerprint density at radius 3 is 2.22 bits per heavy atom. The predicted octanol–water partition coefficient (Wildman–Crippen LogP) is 6.51. The Bertz CT molecular complexity index is 1750. The van der Waals surface area contributed by atoms with E-state index >= 15 is 0 Å². The van der Waals surface area contributed by atoms with Gasteiger partial charge in [-0.05, 0) is 113 Å². The number of likely N-dealkylation sites (tertiary alicyclic amines) is 1. The van der Waals surface area contributed by atoms with Crippen molar-refractivity contribution >= 4 is 29.2 Å². The number of ketones is 3. The Hall–Kier alpha value is -3.63. The van der Waals surface area contributed by atoms with Gasteiger partial charge in [0.15, 0.2) is 11.6 Å². The van der Waals surface area contributed by atoms with Gasteiger partial charge < -0.3 is 44.3 Å². The second-order valence-corrected chi connectivity index (χ2v) is 19.0. The minimum Gasteiger partial charge on any atom is -0.480 e. The molecule has 14 heteroatoms. The number of aliphatic hydroxyl groups is 3. The number of hydrogen-bond acceptors (Lipinski definition) is 12. The molecule has 3 aliphatic rings. The van der Waals surface area contributed by atoms with Crippen LogP contribution in [0.1, 0.15) is 119 Å². The van der Waals surface area contributed by atoms with Crippen molar-refractivity contribution in [2.24, 2.45) is 35.5 Å². The fraction of sp³-hybridized carbons (Fsp3) is 0.706. The number of methoxy groups -OCH3 is 3. The Kier molecular flexibility index (Phi) is 22.8. The molecule has 1 aliphatic carbocycles. The minimum absolute atomic E-state index is 0.0173. The summed E-state index contributed by atoms with van der Waals surface area (Å²) < 4.78 is 22.7. The summed E-state index contributed by atoms with van der Waals surface area (Å²) >= 11 is 0. The lowest BCUT2D eigenvalue weighted by Crippen LogP contribution is -2.60. The lowest BCUT2D eigenvalue weighted by Gasteiger charge is -2.42. The molecule has 2 aliphatic heterocycles. The summed E-state index contributed by atoms with van der Waals surface area (Å²) in [6.07, 6.45) is 17.4. The van der Waals surface area contributed by atoms with E-state index in [2.05, 4.69) is 6.92 Å². The maximum atomic E-state index is 13.5. The molecule has 366 valence electrons. The van der Waals surface area contributed by atoms with Crippen molar-refractivity contribution in [3.05, 3.63) is 59.8 Å². The predicted molar refractivity (Wildman–Crippen MR) is 247 cm³/mol. The molecule has 4 unspecified atom stereocenters. The molecule has 0 aromatic rings. The van der Waals surface area contributed by atoms with Crippen LogP contribution in [0, 0.1) is 35.5 Å². The smallest absolute Gasteiger partial charge is 0.326 e. The molecule has 1 amide bonds. The quantitative estimate of drug-likeness (QED) is 0.0353. The van der Waals surface area contributed by atoms with E-state index in [1.165, 1.54) is 7.11 Å². The van der Waals surface area contributed by atoms with Gasteiger partial charge in [0.2, 0.25) is 5.79 Å². The number of ether oxygens (including phenoxy) is 4. The van der Waals surface area contributed by atoms with E-state index in [0.29, 0.717) is 56.4 Å². The van der Waals surface area contributed by atoms with Crippen LogP contribution < -0.4 is 0 Å². The molecular formula is C51H79NO13.